The third-order valence-corrected chi connectivity index (χ3v) is 3.09. The number of anilines is 1. The molecular formula is C13H20N2O3. The molecule has 0 aliphatic carbocycles. The highest BCUT2D eigenvalue weighted by atomic mass is 16.5. The zero-order valence-electron chi connectivity index (χ0n) is 11.2. The lowest BCUT2D eigenvalue weighted by Gasteiger charge is -2.31. The van der Waals surface area contributed by atoms with E-state index in [4.69, 9.17) is 4.74 Å². The second kappa shape index (κ2) is 5.73. The monoisotopic (exact) mass is 252 g/mol. The fraction of sp³-hybridized carbons (Fsp3) is 0.462. The quantitative estimate of drug-likeness (QED) is 0.796. The molecule has 0 saturated heterocycles. The lowest BCUT2D eigenvalue weighted by molar-refractivity contribution is -0.143. The van der Waals surface area contributed by atoms with Crippen LogP contribution in [0.4, 0.5) is 5.69 Å². The van der Waals surface area contributed by atoms with Crippen LogP contribution >= 0.6 is 0 Å². The first kappa shape index (κ1) is 14.3. The third kappa shape index (κ3) is 3.13. The molecule has 1 rings (SSSR count). The van der Waals surface area contributed by atoms with Gasteiger partial charge in [-0.25, -0.2) is 0 Å². The summed E-state index contributed by atoms with van der Waals surface area (Å²) < 4.78 is 5.08. The molecule has 5 heteroatoms. The number of carboxylic acids is 1. The molecule has 0 aliphatic heterocycles. The van der Waals surface area contributed by atoms with E-state index in [0.717, 1.165) is 11.4 Å². The van der Waals surface area contributed by atoms with Crippen molar-refractivity contribution in [3.05, 3.63) is 24.3 Å². The summed E-state index contributed by atoms with van der Waals surface area (Å²) in [5, 5.41) is 12.0. The lowest BCUT2D eigenvalue weighted by Crippen LogP contribution is -2.55. The number of methoxy groups -OCH3 is 1. The molecule has 1 aromatic rings. The number of hydrogen-bond acceptors (Lipinski definition) is 4. The maximum absolute atomic E-state index is 11.2. The molecule has 0 aliphatic rings. The number of carbonyl (C=O) groups is 1. The number of nitrogens with zero attached hydrogens (tertiary/aromatic N) is 1. The van der Waals surface area contributed by atoms with Gasteiger partial charge in [-0.2, -0.15) is 0 Å². The topological polar surface area (TPSA) is 61.8 Å². The zero-order chi connectivity index (χ0) is 13.8. The van der Waals surface area contributed by atoms with E-state index in [2.05, 4.69) is 5.32 Å². The summed E-state index contributed by atoms with van der Waals surface area (Å²) in [6.45, 7) is 2.03. The van der Waals surface area contributed by atoms with Crippen LogP contribution in [0.3, 0.4) is 0 Å². The van der Waals surface area contributed by atoms with Gasteiger partial charge in [-0.05, 0) is 38.2 Å². The van der Waals surface area contributed by atoms with Crippen LogP contribution in [0.15, 0.2) is 24.3 Å². The highest BCUT2D eigenvalue weighted by molar-refractivity contribution is 5.79. The van der Waals surface area contributed by atoms with Crippen molar-refractivity contribution in [1.82, 2.24) is 5.32 Å². The standard InChI is InChI=1S/C13H20N2O3/c1-13(14-2,12(16)17)9-15(3)10-5-7-11(18-4)8-6-10/h5-8,14H,9H2,1-4H3,(H,16,17). The van der Waals surface area contributed by atoms with Gasteiger partial charge in [0.1, 0.15) is 11.3 Å². The predicted octanol–water partition coefficient (Wildman–Crippen LogP) is 1.19. The van der Waals surface area contributed by atoms with Gasteiger partial charge in [0.2, 0.25) is 0 Å². The van der Waals surface area contributed by atoms with Gasteiger partial charge in [0.05, 0.1) is 7.11 Å². The zero-order valence-corrected chi connectivity index (χ0v) is 11.2. The summed E-state index contributed by atoms with van der Waals surface area (Å²) in [7, 11) is 5.12. The predicted molar refractivity (Wildman–Crippen MR) is 71.4 cm³/mol. The van der Waals surface area contributed by atoms with E-state index >= 15 is 0 Å². The number of likely N-dealkylation sites (N-methyl/N-ethyl adjacent to an activating group) is 2. The average Bonchev–Trinajstić information content (AvgIpc) is 2.38. The van der Waals surface area contributed by atoms with Gasteiger partial charge in [-0.1, -0.05) is 0 Å². The maximum Gasteiger partial charge on any atom is 0.325 e. The summed E-state index contributed by atoms with van der Waals surface area (Å²) >= 11 is 0. The number of hydrogen-bond donors (Lipinski definition) is 2. The van der Waals surface area contributed by atoms with Crippen molar-refractivity contribution < 1.29 is 14.6 Å². The first-order chi connectivity index (χ1) is 8.42. The molecule has 5 nitrogen and oxygen atoms in total. The Bertz CT molecular complexity index is 405. The van der Waals surface area contributed by atoms with Gasteiger partial charge in [-0.15, -0.1) is 0 Å². The Balaban J connectivity index is 2.80. The highest BCUT2D eigenvalue weighted by Gasteiger charge is 2.32. The first-order valence-electron chi connectivity index (χ1n) is 5.70. The van der Waals surface area contributed by atoms with E-state index in [1.807, 2.05) is 36.2 Å². The van der Waals surface area contributed by atoms with E-state index in [0.29, 0.717) is 6.54 Å². The molecule has 1 unspecified atom stereocenters. The largest absolute Gasteiger partial charge is 0.497 e. The van der Waals surface area contributed by atoms with Crippen LogP contribution in [0.2, 0.25) is 0 Å². The molecule has 1 aromatic carbocycles. The Labute approximate surface area is 107 Å². The fourth-order valence-electron chi connectivity index (χ4n) is 1.66. The number of ether oxygens (including phenoxy) is 1. The molecule has 0 bridgehead atoms. The summed E-state index contributed by atoms with van der Waals surface area (Å²) in [6.07, 6.45) is 0. The molecular weight excluding hydrogens is 232 g/mol. The smallest absolute Gasteiger partial charge is 0.325 e. The maximum atomic E-state index is 11.2. The van der Waals surface area contributed by atoms with E-state index in [9.17, 15) is 9.90 Å². The minimum absolute atomic E-state index is 0.366. The number of aliphatic carboxylic acids is 1. The van der Waals surface area contributed by atoms with Crippen molar-refractivity contribution >= 4 is 11.7 Å². The van der Waals surface area contributed by atoms with Gasteiger partial charge in [-0.3, -0.25) is 4.79 Å². The number of benzene rings is 1. The Kier molecular flexibility index (Phi) is 4.55. The Morgan fingerprint density at radius 3 is 2.39 bits per heavy atom. The molecule has 0 spiro atoms. The molecule has 0 aromatic heterocycles. The Morgan fingerprint density at radius 1 is 1.44 bits per heavy atom. The summed E-state index contributed by atoms with van der Waals surface area (Å²) in [5.41, 5.74) is -0.0344. The van der Waals surface area contributed by atoms with Gasteiger partial charge < -0.3 is 20.1 Å². The number of carboxylic acid groups (broad SMARTS) is 1. The number of nitrogens with one attached hydrogen (secondary N) is 1. The second-order valence-corrected chi connectivity index (χ2v) is 4.44. The van der Waals surface area contributed by atoms with E-state index in [1.165, 1.54) is 0 Å². The Hall–Kier alpha value is -1.75. The molecule has 100 valence electrons. The average molecular weight is 252 g/mol. The number of rotatable bonds is 6. The van der Waals surface area contributed by atoms with Crippen molar-refractivity contribution in [3.63, 3.8) is 0 Å². The van der Waals surface area contributed by atoms with Gasteiger partial charge in [0.25, 0.3) is 0 Å². The van der Waals surface area contributed by atoms with Crippen molar-refractivity contribution in [2.45, 2.75) is 12.5 Å². The molecule has 1 atom stereocenters. The van der Waals surface area contributed by atoms with Crippen molar-refractivity contribution in [2.75, 3.05) is 32.6 Å². The fourth-order valence-corrected chi connectivity index (χ4v) is 1.66. The summed E-state index contributed by atoms with van der Waals surface area (Å²) in [4.78, 5) is 13.1. The van der Waals surface area contributed by atoms with Gasteiger partial charge in [0.15, 0.2) is 0 Å². The van der Waals surface area contributed by atoms with E-state index in [-0.39, 0.29) is 0 Å². The van der Waals surface area contributed by atoms with Crippen LogP contribution in [0, 0.1) is 0 Å². The van der Waals surface area contributed by atoms with Gasteiger partial charge >= 0.3 is 5.97 Å². The van der Waals surface area contributed by atoms with Crippen LogP contribution in [-0.2, 0) is 4.79 Å². The minimum atomic E-state index is -0.978. The van der Waals surface area contributed by atoms with Crippen molar-refractivity contribution in [2.24, 2.45) is 0 Å². The van der Waals surface area contributed by atoms with Crippen LogP contribution < -0.4 is 15.0 Å². The molecule has 0 radical (unpaired) electrons. The summed E-state index contributed by atoms with van der Waals surface area (Å²) in [6, 6.07) is 7.50. The van der Waals surface area contributed by atoms with Crippen LogP contribution in [0.5, 0.6) is 5.75 Å². The molecule has 0 heterocycles. The van der Waals surface area contributed by atoms with E-state index in [1.54, 1.807) is 21.1 Å². The van der Waals surface area contributed by atoms with E-state index < -0.39 is 11.5 Å². The molecule has 18 heavy (non-hydrogen) atoms. The molecule has 2 N–H and O–H groups in total. The summed E-state index contributed by atoms with van der Waals surface area (Å²) in [5.74, 6) is -0.0906. The van der Waals surface area contributed by atoms with Crippen LogP contribution in [0.1, 0.15) is 6.92 Å². The molecule has 0 fully saturated rings. The van der Waals surface area contributed by atoms with Gasteiger partial charge in [0, 0.05) is 19.3 Å². The van der Waals surface area contributed by atoms with Crippen molar-refractivity contribution in [3.8, 4) is 5.75 Å². The van der Waals surface area contributed by atoms with Crippen molar-refractivity contribution in [1.29, 1.82) is 0 Å². The Morgan fingerprint density at radius 2 is 2.00 bits per heavy atom. The lowest BCUT2D eigenvalue weighted by atomic mass is 10.0. The molecule has 0 amide bonds. The molecule has 0 saturated carbocycles. The normalized spacial score (nSPS) is 13.8. The SMILES string of the molecule is CNC(C)(CN(C)c1ccc(OC)cc1)C(=O)O. The third-order valence-electron chi connectivity index (χ3n) is 3.09. The first-order valence-corrected chi connectivity index (χ1v) is 5.70. The highest BCUT2D eigenvalue weighted by Crippen LogP contribution is 2.19. The van der Waals surface area contributed by atoms with Crippen LogP contribution in [-0.4, -0.2) is 44.4 Å². The second-order valence-electron chi connectivity index (χ2n) is 4.44. The minimum Gasteiger partial charge on any atom is -0.497 e. The van der Waals surface area contributed by atoms with Crippen LogP contribution in [0.25, 0.3) is 0 Å².